The Bertz CT molecular complexity index is 564. The van der Waals surface area contributed by atoms with Gasteiger partial charge in [0.05, 0.1) is 19.6 Å². The number of β-lactam (4-membered cyclic amide) rings is 1. The molecular weight excluding hydrogens is 288 g/mol. The molecule has 7 heteroatoms. The number of nitrogens with zero attached hydrogens (tertiary/aromatic N) is 1. The summed E-state index contributed by atoms with van der Waals surface area (Å²) in [4.78, 5) is 24.2. The van der Waals surface area contributed by atoms with Gasteiger partial charge in [0.15, 0.2) is 0 Å². The zero-order chi connectivity index (χ0) is 15.7. The monoisotopic (exact) mass is 306 g/mol. The summed E-state index contributed by atoms with van der Waals surface area (Å²) in [6.45, 7) is 0.564. The molecule has 0 saturated carbocycles. The molecule has 22 heavy (non-hydrogen) atoms. The minimum Gasteiger partial charge on any atom is -0.480 e. The number of hydrogen-bond donors (Lipinski definition) is 2. The summed E-state index contributed by atoms with van der Waals surface area (Å²) in [5.41, 5.74) is 6.66. The Hall–Kier alpha value is -1.96. The summed E-state index contributed by atoms with van der Waals surface area (Å²) in [6.07, 6.45) is -1.26. The van der Waals surface area contributed by atoms with E-state index in [1.165, 1.54) is 0 Å². The van der Waals surface area contributed by atoms with Crippen LogP contribution in [0, 0.1) is 0 Å². The second-order valence-electron chi connectivity index (χ2n) is 5.50. The molecule has 1 aromatic carbocycles. The molecule has 0 radical (unpaired) electrons. The molecule has 0 aliphatic carbocycles. The topological polar surface area (TPSA) is 102 Å². The first kappa shape index (κ1) is 15.0. The lowest BCUT2D eigenvalue weighted by Gasteiger charge is -2.31. The van der Waals surface area contributed by atoms with Crippen LogP contribution in [-0.4, -0.2) is 52.9 Å². The van der Waals surface area contributed by atoms with Gasteiger partial charge in [0, 0.05) is 0 Å². The summed E-state index contributed by atoms with van der Waals surface area (Å²) < 4.78 is 11.4. The number of ether oxygens (including phenoxy) is 2. The van der Waals surface area contributed by atoms with Gasteiger partial charge in [0.1, 0.15) is 24.5 Å². The smallest absolute Gasteiger partial charge is 0.323 e. The fraction of sp³-hybridized carbons (Fsp3) is 0.467. The highest BCUT2D eigenvalue weighted by Gasteiger charge is 2.49. The predicted molar refractivity (Wildman–Crippen MR) is 75.6 cm³/mol. The van der Waals surface area contributed by atoms with Gasteiger partial charge < -0.3 is 25.2 Å². The van der Waals surface area contributed by atoms with E-state index >= 15 is 0 Å². The summed E-state index contributed by atoms with van der Waals surface area (Å²) in [5.74, 6) is -1.14. The zero-order valence-electron chi connectivity index (χ0n) is 11.9. The molecule has 2 saturated heterocycles. The number of fused-ring (bicyclic) bond motifs is 1. The van der Waals surface area contributed by atoms with Gasteiger partial charge in [-0.3, -0.25) is 9.59 Å². The van der Waals surface area contributed by atoms with Gasteiger partial charge in [-0.05, 0) is 5.56 Å². The van der Waals surface area contributed by atoms with Crippen molar-refractivity contribution in [1.29, 1.82) is 0 Å². The second-order valence-corrected chi connectivity index (χ2v) is 5.50. The lowest BCUT2D eigenvalue weighted by atomic mass is 10.1. The van der Waals surface area contributed by atoms with Crippen LogP contribution in [0.3, 0.4) is 0 Å². The van der Waals surface area contributed by atoms with E-state index in [2.05, 4.69) is 0 Å². The van der Waals surface area contributed by atoms with E-state index < -0.39 is 24.2 Å². The molecule has 3 rings (SSSR count). The minimum absolute atomic E-state index is 0.0122. The van der Waals surface area contributed by atoms with Crippen molar-refractivity contribution >= 4 is 11.9 Å². The largest absolute Gasteiger partial charge is 0.480 e. The number of rotatable bonds is 6. The average molecular weight is 306 g/mol. The molecule has 2 aliphatic rings. The molecule has 2 heterocycles. The van der Waals surface area contributed by atoms with Crippen LogP contribution in [-0.2, 0) is 25.7 Å². The van der Waals surface area contributed by atoms with Crippen molar-refractivity contribution < 1.29 is 24.2 Å². The van der Waals surface area contributed by atoms with Crippen molar-refractivity contribution in [2.24, 2.45) is 5.73 Å². The Morgan fingerprint density at radius 2 is 2.18 bits per heavy atom. The van der Waals surface area contributed by atoms with Gasteiger partial charge in [-0.25, -0.2) is 0 Å². The average Bonchev–Trinajstić information content (AvgIpc) is 2.85. The van der Waals surface area contributed by atoms with Gasteiger partial charge in [0.2, 0.25) is 5.91 Å². The minimum atomic E-state index is -1.21. The van der Waals surface area contributed by atoms with Gasteiger partial charge in [-0.1, -0.05) is 30.3 Å². The maximum atomic E-state index is 11.4. The first-order valence-corrected chi connectivity index (χ1v) is 7.15. The van der Waals surface area contributed by atoms with E-state index in [4.69, 9.17) is 20.3 Å². The maximum absolute atomic E-state index is 11.4. The van der Waals surface area contributed by atoms with Crippen molar-refractivity contribution in [1.82, 2.24) is 4.90 Å². The third kappa shape index (κ3) is 2.83. The van der Waals surface area contributed by atoms with E-state index in [1.807, 2.05) is 30.3 Å². The van der Waals surface area contributed by atoms with Crippen LogP contribution in [0.4, 0.5) is 0 Å². The van der Waals surface area contributed by atoms with Gasteiger partial charge >= 0.3 is 5.97 Å². The number of carboxylic acid groups (broad SMARTS) is 1. The maximum Gasteiger partial charge on any atom is 0.323 e. The highest BCUT2D eigenvalue weighted by molar-refractivity contribution is 5.83. The Balaban J connectivity index is 1.67. The molecule has 0 bridgehead atoms. The molecule has 0 aromatic heterocycles. The van der Waals surface area contributed by atoms with Gasteiger partial charge in [-0.15, -0.1) is 0 Å². The number of nitrogens with two attached hydrogens (primary N) is 1. The van der Waals surface area contributed by atoms with Crippen LogP contribution in [0.25, 0.3) is 0 Å². The fourth-order valence-electron chi connectivity index (χ4n) is 2.74. The Kier molecular flexibility index (Phi) is 4.10. The third-order valence-electron chi connectivity index (χ3n) is 4.02. The third-order valence-corrected chi connectivity index (χ3v) is 4.02. The van der Waals surface area contributed by atoms with Crippen molar-refractivity contribution in [2.75, 3.05) is 6.54 Å². The van der Waals surface area contributed by atoms with Crippen molar-refractivity contribution in [2.45, 2.75) is 37.5 Å². The van der Waals surface area contributed by atoms with E-state index in [1.54, 1.807) is 4.90 Å². The molecule has 3 N–H and O–H groups in total. The number of carbonyl (C=O) groups is 2. The Labute approximate surface area is 127 Å². The van der Waals surface area contributed by atoms with Crippen LogP contribution < -0.4 is 5.73 Å². The molecule has 7 nitrogen and oxygen atoms in total. The van der Waals surface area contributed by atoms with Gasteiger partial charge in [0.25, 0.3) is 0 Å². The van der Waals surface area contributed by atoms with Crippen LogP contribution in [0.1, 0.15) is 12.0 Å². The Morgan fingerprint density at radius 1 is 1.45 bits per heavy atom. The molecule has 4 atom stereocenters. The molecule has 0 unspecified atom stereocenters. The molecule has 1 aromatic rings. The lowest BCUT2D eigenvalue weighted by molar-refractivity contribution is -0.162. The molecule has 1 amide bonds. The van der Waals surface area contributed by atoms with Crippen molar-refractivity contribution in [3.63, 3.8) is 0 Å². The van der Waals surface area contributed by atoms with Crippen LogP contribution in [0.2, 0.25) is 0 Å². The normalized spacial score (nSPS) is 26.2. The number of amides is 1. The van der Waals surface area contributed by atoms with Crippen molar-refractivity contribution in [3.8, 4) is 0 Å². The molecular formula is C15H18N2O5. The number of aliphatic carboxylic acids is 1. The summed E-state index contributed by atoms with van der Waals surface area (Å²) in [7, 11) is 0. The van der Waals surface area contributed by atoms with E-state index in [0.717, 1.165) is 5.56 Å². The highest BCUT2D eigenvalue weighted by Crippen LogP contribution is 2.31. The number of carboxylic acids is 1. The quantitative estimate of drug-likeness (QED) is 0.714. The number of benzene rings is 1. The Morgan fingerprint density at radius 3 is 2.77 bits per heavy atom. The first-order chi connectivity index (χ1) is 10.6. The first-order valence-electron chi connectivity index (χ1n) is 7.15. The standard InChI is InChI=1S/C15H18N2O5/c16-13(15(19)20)14(21-8-9-4-2-1-3-5-9)10-7-17-11(18)6-12(17)22-10/h1-5,10,12-14H,6-8,16H2,(H,19,20)/t10-,12-,13+,14+/m1/s1. The van der Waals surface area contributed by atoms with Crippen LogP contribution >= 0.6 is 0 Å². The molecule has 0 spiro atoms. The fourth-order valence-corrected chi connectivity index (χ4v) is 2.74. The SMILES string of the molecule is N[C@H](C(=O)O)[C@@H](OCc1ccccc1)[C@H]1CN2C(=O)C[C@H]2O1. The second kappa shape index (κ2) is 6.04. The molecule has 2 aliphatic heterocycles. The lowest BCUT2D eigenvalue weighted by Crippen LogP contribution is -2.51. The van der Waals surface area contributed by atoms with E-state index in [-0.39, 0.29) is 18.7 Å². The predicted octanol–water partition coefficient (Wildman–Crippen LogP) is -0.0591. The van der Waals surface area contributed by atoms with E-state index in [9.17, 15) is 9.59 Å². The van der Waals surface area contributed by atoms with Crippen molar-refractivity contribution in [3.05, 3.63) is 35.9 Å². The number of carbonyl (C=O) groups excluding carboxylic acids is 1. The van der Waals surface area contributed by atoms with Gasteiger partial charge in [-0.2, -0.15) is 0 Å². The zero-order valence-corrected chi connectivity index (χ0v) is 11.9. The van der Waals surface area contributed by atoms with Crippen LogP contribution in [0.5, 0.6) is 0 Å². The summed E-state index contributed by atoms with van der Waals surface area (Å²) in [5, 5.41) is 9.17. The molecule has 118 valence electrons. The summed E-state index contributed by atoms with van der Waals surface area (Å²) in [6, 6.07) is 8.21. The summed E-state index contributed by atoms with van der Waals surface area (Å²) >= 11 is 0. The van der Waals surface area contributed by atoms with Crippen LogP contribution in [0.15, 0.2) is 30.3 Å². The van der Waals surface area contributed by atoms with E-state index in [0.29, 0.717) is 13.0 Å². The molecule has 2 fully saturated rings. The number of hydrogen-bond acceptors (Lipinski definition) is 5. The highest BCUT2D eigenvalue weighted by atomic mass is 16.6.